The minimum atomic E-state index is -0.591. The van der Waals surface area contributed by atoms with Crippen molar-refractivity contribution >= 4 is 17.8 Å². The monoisotopic (exact) mass is 244 g/mol. The smallest absolute Gasteiger partial charge is 0.325 e. The maximum absolute atomic E-state index is 11.6. The van der Waals surface area contributed by atoms with Crippen molar-refractivity contribution in [2.45, 2.75) is 39.7 Å². The second kappa shape index (κ2) is 8.55. The lowest BCUT2D eigenvalue weighted by atomic mass is 10.1. The molecule has 0 aromatic carbocycles. The average molecular weight is 244 g/mol. The van der Waals surface area contributed by atoms with E-state index in [1.165, 1.54) is 6.92 Å². The third-order valence-corrected chi connectivity index (χ3v) is 1.98. The minimum Gasteiger partial charge on any atom is -0.465 e. The van der Waals surface area contributed by atoms with E-state index < -0.39 is 12.0 Å². The highest BCUT2D eigenvalue weighted by molar-refractivity contribution is 5.88. The van der Waals surface area contributed by atoms with E-state index >= 15 is 0 Å². The van der Waals surface area contributed by atoms with Gasteiger partial charge in [0.15, 0.2) is 0 Å². The molecule has 98 valence electrons. The summed E-state index contributed by atoms with van der Waals surface area (Å²) in [5, 5.41) is 4.96. The molecule has 0 spiro atoms. The minimum absolute atomic E-state index is 0.174. The molecule has 0 rings (SSSR count). The summed E-state index contributed by atoms with van der Waals surface area (Å²) < 4.78 is 4.67. The van der Waals surface area contributed by atoms with E-state index in [0.717, 1.165) is 6.42 Å². The van der Waals surface area contributed by atoms with Crippen LogP contribution in [0.5, 0.6) is 0 Å². The first-order valence-electron chi connectivity index (χ1n) is 5.71. The summed E-state index contributed by atoms with van der Waals surface area (Å²) in [6.45, 7) is 5.05. The number of carbonyl (C=O) groups excluding carboxylic acids is 3. The van der Waals surface area contributed by atoms with Crippen molar-refractivity contribution in [3.63, 3.8) is 0 Å². The van der Waals surface area contributed by atoms with Crippen molar-refractivity contribution in [3.05, 3.63) is 0 Å². The van der Waals surface area contributed by atoms with Gasteiger partial charge in [-0.15, -0.1) is 0 Å². The fourth-order valence-corrected chi connectivity index (χ4v) is 1.30. The largest absolute Gasteiger partial charge is 0.465 e. The van der Waals surface area contributed by atoms with Crippen LogP contribution in [0.25, 0.3) is 0 Å². The van der Waals surface area contributed by atoms with E-state index in [0.29, 0.717) is 6.42 Å². The molecule has 1 atom stereocenters. The average Bonchev–Trinajstić information content (AvgIpc) is 2.25. The molecule has 0 aromatic rings. The van der Waals surface area contributed by atoms with Crippen LogP contribution in [0.1, 0.15) is 33.6 Å². The Kier molecular flexibility index (Phi) is 7.75. The molecule has 0 heterocycles. The zero-order valence-electron chi connectivity index (χ0n) is 10.5. The molecule has 0 aliphatic heterocycles. The van der Waals surface area contributed by atoms with Crippen LogP contribution in [0.15, 0.2) is 0 Å². The number of nitrogens with one attached hydrogen (secondary N) is 2. The van der Waals surface area contributed by atoms with Crippen LogP contribution in [0, 0.1) is 0 Å². The number of hydrogen-bond acceptors (Lipinski definition) is 4. The van der Waals surface area contributed by atoms with Crippen LogP contribution in [0.2, 0.25) is 0 Å². The summed E-state index contributed by atoms with van der Waals surface area (Å²) in [5.41, 5.74) is 0. The Morgan fingerprint density at radius 2 is 1.88 bits per heavy atom. The predicted octanol–water partition coefficient (Wildman–Crippen LogP) is -0.0295. The first-order valence-corrected chi connectivity index (χ1v) is 5.71. The van der Waals surface area contributed by atoms with Gasteiger partial charge in [0.25, 0.3) is 0 Å². The summed E-state index contributed by atoms with van der Waals surface area (Å²) in [7, 11) is 0. The van der Waals surface area contributed by atoms with Gasteiger partial charge in [-0.3, -0.25) is 14.4 Å². The molecule has 0 radical (unpaired) electrons. The highest BCUT2D eigenvalue weighted by atomic mass is 16.5. The Labute approximate surface area is 101 Å². The molecule has 1 unspecified atom stereocenters. The highest BCUT2D eigenvalue weighted by Crippen LogP contribution is 1.96. The number of esters is 1. The molecule has 0 aliphatic carbocycles. The fraction of sp³-hybridized carbons (Fsp3) is 0.727. The zero-order valence-corrected chi connectivity index (χ0v) is 10.5. The molecule has 6 heteroatoms. The molecular weight excluding hydrogens is 224 g/mol. The maximum atomic E-state index is 11.6. The third kappa shape index (κ3) is 7.32. The molecule has 17 heavy (non-hydrogen) atoms. The molecule has 0 aromatic heterocycles. The Bertz CT molecular complexity index is 279. The normalized spacial score (nSPS) is 11.5. The molecule has 0 aliphatic rings. The van der Waals surface area contributed by atoms with Crippen molar-refractivity contribution in [2.75, 3.05) is 13.2 Å². The lowest BCUT2D eigenvalue weighted by molar-refractivity contribution is -0.143. The maximum Gasteiger partial charge on any atom is 0.325 e. The molecule has 2 N–H and O–H groups in total. The first kappa shape index (κ1) is 15.4. The topological polar surface area (TPSA) is 84.5 Å². The van der Waals surface area contributed by atoms with Crippen molar-refractivity contribution < 1.29 is 19.1 Å². The molecule has 2 amide bonds. The molecule has 0 saturated carbocycles. The number of hydrogen-bond donors (Lipinski definition) is 2. The number of amides is 2. The molecule has 0 bridgehead atoms. The first-order chi connectivity index (χ1) is 8.01. The second-order valence-electron chi connectivity index (χ2n) is 3.56. The van der Waals surface area contributed by atoms with E-state index in [2.05, 4.69) is 15.4 Å². The van der Waals surface area contributed by atoms with E-state index in [9.17, 15) is 14.4 Å². The van der Waals surface area contributed by atoms with Crippen LogP contribution in [0.4, 0.5) is 0 Å². The third-order valence-electron chi connectivity index (χ3n) is 1.98. The van der Waals surface area contributed by atoms with E-state index in [1.54, 1.807) is 6.92 Å². The number of carbonyl (C=O) groups is 3. The Hall–Kier alpha value is -1.59. The summed E-state index contributed by atoms with van der Waals surface area (Å²) in [6, 6.07) is -0.591. The molecule has 0 saturated heterocycles. The van der Waals surface area contributed by atoms with Gasteiger partial charge < -0.3 is 15.4 Å². The van der Waals surface area contributed by atoms with Crippen molar-refractivity contribution in [3.8, 4) is 0 Å². The van der Waals surface area contributed by atoms with Crippen molar-refractivity contribution in [1.29, 1.82) is 0 Å². The summed E-state index contributed by atoms with van der Waals surface area (Å²) in [5.74, 6) is -1.12. The van der Waals surface area contributed by atoms with Gasteiger partial charge in [-0.25, -0.2) is 0 Å². The van der Waals surface area contributed by atoms with E-state index in [4.69, 9.17) is 0 Å². The Balaban J connectivity index is 4.13. The van der Waals surface area contributed by atoms with E-state index in [-0.39, 0.29) is 25.0 Å². The molecule has 6 nitrogen and oxygen atoms in total. The standard InChI is InChI=1S/C11H20N2O4/c1-4-6-9(13-8(3)14)11(16)12-7-10(15)17-5-2/h9H,4-7H2,1-3H3,(H,12,16)(H,13,14). The van der Waals surface area contributed by atoms with Crippen LogP contribution >= 0.6 is 0 Å². The molecular formula is C11H20N2O4. The van der Waals surface area contributed by atoms with Gasteiger partial charge in [-0.05, 0) is 13.3 Å². The van der Waals surface area contributed by atoms with Crippen molar-refractivity contribution in [2.24, 2.45) is 0 Å². The van der Waals surface area contributed by atoms with Gasteiger partial charge in [0.05, 0.1) is 6.61 Å². The van der Waals surface area contributed by atoms with Gasteiger partial charge in [0.2, 0.25) is 11.8 Å². The SMILES string of the molecule is CCCC(NC(C)=O)C(=O)NCC(=O)OCC. The van der Waals surface area contributed by atoms with Crippen LogP contribution in [-0.4, -0.2) is 37.0 Å². The molecule has 0 fully saturated rings. The summed E-state index contributed by atoms with van der Waals surface area (Å²) >= 11 is 0. The highest BCUT2D eigenvalue weighted by Gasteiger charge is 2.18. The van der Waals surface area contributed by atoms with Gasteiger partial charge in [-0.2, -0.15) is 0 Å². The van der Waals surface area contributed by atoms with Gasteiger partial charge in [-0.1, -0.05) is 13.3 Å². The van der Waals surface area contributed by atoms with Crippen LogP contribution < -0.4 is 10.6 Å². The lowest BCUT2D eigenvalue weighted by Crippen LogP contribution is -2.47. The Morgan fingerprint density at radius 1 is 1.24 bits per heavy atom. The van der Waals surface area contributed by atoms with Gasteiger partial charge >= 0.3 is 5.97 Å². The number of rotatable bonds is 7. The number of ether oxygens (including phenoxy) is 1. The van der Waals surface area contributed by atoms with E-state index in [1.807, 2.05) is 6.92 Å². The Morgan fingerprint density at radius 3 is 2.35 bits per heavy atom. The summed E-state index contributed by atoms with van der Waals surface area (Å²) in [6.07, 6.45) is 1.30. The predicted molar refractivity (Wildman–Crippen MR) is 62.2 cm³/mol. The van der Waals surface area contributed by atoms with Crippen molar-refractivity contribution in [1.82, 2.24) is 10.6 Å². The van der Waals surface area contributed by atoms with Crippen LogP contribution in [-0.2, 0) is 19.1 Å². The quantitative estimate of drug-likeness (QED) is 0.616. The summed E-state index contributed by atoms with van der Waals surface area (Å²) in [4.78, 5) is 33.6. The lowest BCUT2D eigenvalue weighted by Gasteiger charge is -2.16. The second-order valence-corrected chi connectivity index (χ2v) is 3.56. The zero-order chi connectivity index (χ0) is 13.3. The van der Waals surface area contributed by atoms with Crippen LogP contribution in [0.3, 0.4) is 0 Å². The van der Waals surface area contributed by atoms with Gasteiger partial charge in [0.1, 0.15) is 12.6 Å². The van der Waals surface area contributed by atoms with Gasteiger partial charge in [0, 0.05) is 6.92 Å². The fourth-order valence-electron chi connectivity index (χ4n) is 1.30.